The molecule has 5 nitrogen and oxygen atoms in total. The average molecular weight is 277 g/mol. The Labute approximate surface area is 116 Å². The molecule has 2 rings (SSSR count). The molecule has 0 radical (unpaired) electrons. The number of nitrogens with one attached hydrogen (secondary N) is 2. The van der Waals surface area contributed by atoms with E-state index in [2.05, 4.69) is 20.8 Å². The second kappa shape index (κ2) is 5.67. The molecular weight excluding hydrogens is 264 g/mol. The number of rotatable bonds is 3. The van der Waals surface area contributed by atoms with Gasteiger partial charge < -0.3 is 10.6 Å². The van der Waals surface area contributed by atoms with Crippen LogP contribution in [0.4, 0.5) is 17.3 Å². The predicted octanol–water partition coefficient (Wildman–Crippen LogP) is 3.14. The molecule has 19 heavy (non-hydrogen) atoms. The number of carbonyl (C=O) groups is 1. The van der Waals surface area contributed by atoms with Crippen molar-refractivity contribution in [3.05, 3.63) is 40.9 Å². The lowest BCUT2D eigenvalue weighted by molar-refractivity contribution is -0.114. The normalized spacial score (nSPS) is 10.1. The third-order valence-corrected chi connectivity index (χ3v) is 2.65. The van der Waals surface area contributed by atoms with Gasteiger partial charge in [-0.05, 0) is 42.8 Å². The van der Waals surface area contributed by atoms with Crippen LogP contribution in [0.1, 0.15) is 12.5 Å². The molecule has 0 saturated heterocycles. The number of carbonyl (C=O) groups excluding carboxylic acids is 1. The van der Waals surface area contributed by atoms with Crippen molar-refractivity contribution in [1.29, 1.82) is 0 Å². The van der Waals surface area contributed by atoms with E-state index in [1.54, 1.807) is 18.2 Å². The summed E-state index contributed by atoms with van der Waals surface area (Å²) >= 11 is 5.89. The zero-order valence-corrected chi connectivity index (χ0v) is 11.3. The Balaban J connectivity index is 2.13. The maximum Gasteiger partial charge on any atom is 0.222 e. The molecule has 0 saturated carbocycles. The van der Waals surface area contributed by atoms with Gasteiger partial charge in [0.05, 0.1) is 0 Å². The Morgan fingerprint density at radius 3 is 2.42 bits per heavy atom. The second-order valence-electron chi connectivity index (χ2n) is 4.07. The fourth-order valence-corrected chi connectivity index (χ4v) is 1.78. The number of amides is 1. The van der Waals surface area contributed by atoms with Gasteiger partial charge in [-0.2, -0.15) is 0 Å². The van der Waals surface area contributed by atoms with Crippen LogP contribution in [-0.2, 0) is 4.79 Å². The number of benzene rings is 1. The highest BCUT2D eigenvalue weighted by molar-refractivity contribution is 6.30. The van der Waals surface area contributed by atoms with E-state index in [0.717, 1.165) is 11.3 Å². The molecule has 0 bridgehead atoms. The standard InChI is InChI=1S/C13H13ClN4O/c1-8-7-10(14)3-4-11(8)16-13-6-5-12(17-18-13)15-9(2)19/h3-7H,1-2H3,(H,16,18)(H,15,17,19). The second-order valence-corrected chi connectivity index (χ2v) is 4.51. The zero-order valence-electron chi connectivity index (χ0n) is 10.6. The molecule has 0 spiro atoms. The van der Waals surface area contributed by atoms with Crippen LogP contribution in [0.5, 0.6) is 0 Å². The molecule has 1 heterocycles. The molecule has 2 aromatic rings. The summed E-state index contributed by atoms with van der Waals surface area (Å²) in [7, 11) is 0. The van der Waals surface area contributed by atoms with E-state index in [1.807, 2.05) is 19.1 Å². The molecular formula is C13H13ClN4O. The summed E-state index contributed by atoms with van der Waals surface area (Å²) in [5, 5.41) is 14.3. The van der Waals surface area contributed by atoms with Gasteiger partial charge in [0.2, 0.25) is 5.91 Å². The third-order valence-electron chi connectivity index (χ3n) is 2.42. The zero-order chi connectivity index (χ0) is 13.8. The topological polar surface area (TPSA) is 66.9 Å². The van der Waals surface area contributed by atoms with Crippen LogP contribution in [0.2, 0.25) is 5.02 Å². The summed E-state index contributed by atoms with van der Waals surface area (Å²) in [6.45, 7) is 3.37. The van der Waals surface area contributed by atoms with Gasteiger partial charge in [0, 0.05) is 17.6 Å². The molecule has 1 amide bonds. The maximum atomic E-state index is 10.9. The largest absolute Gasteiger partial charge is 0.339 e. The number of hydrogen-bond acceptors (Lipinski definition) is 4. The Kier molecular flexibility index (Phi) is 3.97. The molecule has 1 aromatic carbocycles. The summed E-state index contributed by atoms with van der Waals surface area (Å²) < 4.78 is 0. The van der Waals surface area contributed by atoms with Crippen molar-refractivity contribution in [3.63, 3.8) is 0 Å². The lowest BCUT2D eigenvalue weighted by Crippen LogP contribution is -2.08. The number of hydrogen-bond donors (Lipinski definition) is 2. The molecule has 98 valence electrons. The smallest absolute Gasteiger partial charge is 0.222 e. The predicted molar refractivity (Wildman–Crippen MR) is 75.8 cm³/mol. The molecule has 0 atom stereocenters. The summed E-state index contributed by atoms with van der Waals surface area (Å²) in [5.74, 6) is 0.842. The Morgan fingerprint density at radius 1 is 1.16 bits per heavy atom. The Bertz CT molecular complexity index is 598. The Morgan fingerprint density at radius 2 is 1.84 bits per heavy atom. The van der Waals surface area contributed by atoms with Gasteiger partial charge in [-0.3, -0.25) is 4.79 Å². The highest BCUT2D eigenvalue weighted by Gasteiger charge is 2.02. The fourth-order valence-electron chi connectivity index (χ4n) is 1.55. The highest BCUT2D eigenvalue weighted by Crippen LogP contribution is 2.22. The monoisotopic (exact) mass is 276 g/mol. The van der Waals surface area contributed by atoms with Crippen LogP contribution >= 0.6 is 11.6 Å². The average Bonchev–Trinajstić information content (AvgIpc) is 2.34. The molecule has 0 aliphatic rings. The van der Waals surface area contributed by atoms with Crippen molar-refractivity contribution in [3.8, 4) is 0 Å². The number of halogens is 1. The lowest BCUT2D eigenvalue weighted by Gasteiger charge is -2.09. The van der Waals surface area contributed by atoms with E-state index < -0.39 is 0 Å². The summed E-state index contributed by atoms with van der Waals surface area (Å²) in [6, 6.07) is 8.97. The molecule has 0 unspecified atom stereocenters. The summed E-state index contributed by atoms with van der Waals surface area (Å²) in [4.78, 5) is 10.9. The molecule has 1 aromatic heterocycles. The van der Waals surface area contributed by atoms with Gasteiger partial charge >= 0.3 is 0 Å². The van der Waals surface area contributed by atoms with Gasteiger partial charge in [-0.1, -0.05) is 11.6 Å². The van der Waals surface area contributed by atoms with E-state index >= 15 is 0 Å². The van der Waals surface area contributed by atoms with Crippen molar-refractivity contribution in [1.82, 2.24) is 10.2 Å². The minimum Gasteiger partial charge on any atom is -0.339 e. The maximum absolute atomic E-state index is 10.9. The first kappa shape index (κ1) is 13.3. The van der Waals surface area contributed by atoms with Gasteiger partial charge in [-0.15, -0.1) is 10.2 Å². The van der Waals surface area contributed by atoms with Crippen LogP contribution in [0.25, 0.3) is 0 Å². The van der Waals surface area contributed by atoms with Crippen LogP contribution in [0.15, 0.2) is 30.3 Å². The molecule has 2 N–H and O–H groups in total. The third kappa shape index (κ3) is 3.66. The molecule has 6 heteroatoms. The van der Waals surface area contributed by atoms with Crippen LogP contribution in [0, 0.1) is 6.92 Å². The van der Waals surface area contributed by atoms with E-state index in [4.69, 9.17) is 11.6 Å². The fraction of sp³-hybridized carbons (Fsp3) is 0.154. The quantitative estimate of drug-likeness (QED) is 0.904. The minimum absolute atomic E-state index is 0.177. The van der Waals surface area contributed by atoms with Crippen LogP contribution < -0.4 is 10.6 Å². The van der Waals surface area contributed by atoms with E-state index in [0.29, 0.717) is 16.7 Å². The number of aromatic nitrogens is 2. The van der Waals surface area contributed by atoms with Crippen molar-refractivity contribution in [2.24, 2.45) is 0 Å². The number of aryl methyl sites for hydroxylation is 1. The minimum atomic E-state index is -0.177. The highest BCUT2D eigenvalue weighted by atomic mass is 35.5. The van der Waals surface area contributed by atoms with Gasteiger partial charge in [0.25, 0.3) is 0 Å². The van der Waals surface area contributed by atoms with Crippen LogP contribution in [0.3, 0.4) is 0 Å². The summed E-state index contributed by atoms with van der Waals surface area (Å²) in [5.41, 5.74) is 1.92. The van der Waals surface area contributed by atoms with Crippen molar-refractivity contribution in [2.75, 3.05) is 10.6 Å². The van der Waals surface area contributed by atoms with E-state index in [1.165, 1.54) is 6.92 Å². The Hall–Kier alpha value is -2.14. The van der Waals surface area contributed by atoms with Gasteiger partial charge in [0.15, 0.2) is 11.6 Å². The van der Waals surface area contributed by atoms with Gasteiger partial charge in [-0.25, -0.2) is 0 Å². The SMILES string of the molecule is CC(=O)Nc1ccc(Nc2ccc(Cl)cc2C)nn1. The van der Waals surface area contributed by atoms with Gasteiger partial charge in [0.1, 0.15) is 0 Å². The molecule has 0 fully saturated rings. The lowest BCUT2D eigenvalue weighted by atomic mass is 10.2. The molecule has 0 aliphatic heterocycles. The first-order valence-corrected chi connectivity index (χ1v) is 6.07. The first-order chi connectivity index (χ1) is 9.04. The van der Waals surface area contributed by atoms with E-state index in [-0.39, 0.29) is 5.91 Å². The van der Waals surface area contributed by atoms with Crippen molar-refractivity contribution in [2.45, 2.75) is 13.8 Å². The van der Waals surface area contributed by atoms with Crippen molar-refractivity contribution >= 4 is 34.8 Å². The first-order valence-electron chi connectivity index (χ1n) is 5.69. The number of nitrogens with zero attached hydrogens (tertiary/aromatic N) is 2. The summed E-state index contributed by atoms with van der Waals surface area (Å²) in [6.07, 6.45) is 0. The molecule has 0 aliphatic carbocycles. The van der Waals surface area contributed by atoms with Crippen LogP contribution in [-0.4, -0.2) is 16.1 Å². The van der Waals surface area contributed by atoms with E-state index in [9.17, 15) is 4.79 Å². The number of anilines is 3. The van der Waals surface area contributed by atoms with Crippen molar-refractivity contribution < 1.29 is 4.79 Å².